The molecule has 15 heavy (non-hydrogen) atoms. The molecule has 0 heterocycles. The highest BCUT2D eigenvalue weighted by molar-refractivity contribution is 5.81. The van der Waals surface area contributed by atoms with Gasteiger partial charge in [0.2, 0.25) is 6.29 Å². The van der Waals surface area contributed by atoms with Crippen molar-refractivity contribution < 1.29 is 14.3 Å². The fourth-order valence-corrected chi connectivity index (χ4v) is 1.38. The van der Waals surface area contributed by atoms with Crippen LogP contribution < -0.4 is 0 Å². The SMILES string of the molecule is CCCCCCC(=O)C(OCC)OCC. The van der Waals surface area contributed by atoms with Gasteiger partial charge in [-0.1, -0.05) is 26.2 Å². The van der Waals surface area contributed by atoms with Gasteiger partial charge in [0.05, 0.1) is 0 Å². The molecule has 0 unspecified atom stereocenters. The lowest BCUT2D eigenvalue weighted by atomic mass is 10.1. The van der Waals surface area contributed by atoms with E-state index in [4.69, 9.17) is 9.47 Å². The van der Waals surface area contributed by atoms with Crippen molar-refractivity contribution in [3.63, 3.8) is 0 Å². The minimum absolute atomic E-state index is 0.0785. The molecule has 0 radical (unpaired) electrons. The Balaban J connectivity index is 3.70. The molecule has 0 N–H and O–H groups in total. The molecule has 0 bridgehead atoms. The van der Waals surface area contributed by atoms with Crippen LogP contribution in [0, 0.1) is 0 Å². The quantitative estimate of drug-likeness (QED) is 0.416. The zero-order valence-electron chi connectivity index (χ0n) is 10.3. The third-order valence-corrected chi connectivity index (χ3v) is 2.18. The summed E-state index contributed by atoms with van der Waals surface area (Å²) in [6.45, 7) is 6.94. The first kappa shape index (κ1) is 14.6. The van der Waals surface area contributed by atoms with E-state index < -0.39 is 6.29 Å². The predicted octanol–water partition coefficient (Wildman–Crippen LogP) is 2.93. The number of carbonyl (C=O) groups is 1. The van der Waals surface area contributed by atoms with E-state index in [2.05, 4.69) is 6.92 Å². The summed E-state index contributed by atoms with van der Waals surface area (Å²) in [6, 6.07) is 0. The summed E-state index contributed by atoms with van der Waals surface area (Å²) >= 11 is 0. The van der Waals surface area contributed by atoms with E-state index in [0.29, 0.717) is 19.6 Å². The number of rotatable bonds is 10. The second kappa shape index (κ2) is 10.1. The summed E-state index contributed by atoms with van der Waals surface area (Å²) in [5.74, 6) is 0.0785. The van der Waals surface area contributed by atoms with Gasteiger partial charge in [0, 0.05) is 19.6 Å². The second-order valence-corrected chi connectivity index (χ2v) is 3.52. The average Bonchev–Trinajstić information content (AvgIpc) is 2.24. The van der Waals surface area contributed by atoms with Crippen LogP contribution in [0.1, 0.15) is 52.9 Å². The molecule has 3 heteroatoms. The van der Waals surface area contributed by atoms with Gasteiger partial charge in [0.1, 0.15) is 0 Å². The lowest BCUT2D eigenvalue weighted by molar-refractivity contribution is -0.168. The summed E-state index contributed by atoms with van der Waals surface area (Å²) < 4.78 is 10.5. The van der Waals surface area contributed by atoms with Gasteiger partial charge in [-0.15, -0.1) is 0 Å². The average molecular weight is 216 g/mol. The van der Waals surface area contributed by atoms with Gasteiger partial charge in [0.15, 0.2) is 5.78 Å². The molecule has 0 saturated heterocycles. The first-order valence-electron chi connectivity index (χ1n) is 6.02. The Morgan fingerprint density at radius 2 is 1.60 bits per heavy atom. The molecule has 0 spiro atoms. The van der Waals surface area contributed by atoms with Gasteiger partial charge in [-0.05, 0) is 20.3 Å². The first-order valence-corrected chi connectivity index (χ1v) is 6.02. The predicted molar refractivity (Wildman–Crippen MR) is 60.8 cm³/mol. The minimum atomic E-state index is -0.637. The van der Waals surface area contributed by atoms with Crippen molar-refractivity contribution in [1.29, 1.82) is 0 Å². The third-order valence-electron chi connectivity index (χ3n) is 2.18. The van der Waals surface area contributed by atoms with E-state index in [1.807, 2.05) is 13.8 Å². The fraction of sp³-hybridized carbons (Fsp3) is 0.917. The van der Waals surface area contributed by atoms with E-state index in [1.165, 1.54) is 12.8 Å². The summed E-state index contributed by atoms with van der Waals surface area (Å²) in [5.41, 5.74) is 0. The maximum absolute atomic E-state index is 11.6. The zero-order valence-corrected chi connectivity index (χ0v) is 10.3. The van der Waals surface area contributed by atoms with Crippen LogP contribution in [0.25, 0.3) is 0 Å². The summed E-state index contributed by atoms with van der Waals surface area (Å²) in [5, 5.41) is 0. The molecule has 0 saturated carbocycles. The van der Waals surface area contributed by atoms with Crippen LogP contribution in [0.2, 0.25) is 0 Å². The van der Waals surface area contributed by atoms with Crippen molar-refractivity contribution in [1.82, 2.24) is 0 Å². The highest BCUT2D eigenvalue weighted by atomic mass is 16.7. The number of ketones is 1. The van der Waals surface area contributed by atoms with Crippen molar-refractivity contribution in [2.75, 3.05) is 13.2 Å². The number of hydrogen-bond acceptors (Lipinski definition) is 3. The highest BCUT2D eigenvalue weighted by Gasteiger charge is 2.17. The molecule has 0 rings (SSSR count). The summed E-state index contributed by atoms with van der Waals surface area (Å²) in [6.07, 6.45) is 4.39. The molecule has 0 aliphatic carbocycles. The van der Waals surface area contributed by atoms with E-state index in [-0.39, 0.29) is 5.78 Å². The number of carbonyl (C=O) groups excluding carboxylic acids is 1. The molecule has 0 atom stereocenters. The van der Waals surface area contributed by atoms with Crippen LogP contribution >= 0.6 is 0 Å². The number of hydrogen-bond donors (Lipinski definition) is 0. The molecule has 3 nitrogen and oxygen atoms in total. The number of Topliss-reactive ketones (excluding diaryl/α,β-unsaturated/α-hetero) is 1. The van der Waals surface area contributed by atoms with Crippen molar-refractivity contribution in [3.8, 4) is 0 Å². The van der Waals surface area contributed by atoms with E-state index in [1.54, 1.807) is 0 Å². The van der Waals surface area contributed by atoms with Gasteiger partial charge < -0.3 is 9.47 Å². The van der Waals surface area contributed by atoms with Crippen molar-refractivity contribution in [3.05, 3.63) is 0 Å². The van der Waals surface area contributed by atoms with Crippen LogP contribution in [-0.2, 0) is 14.3 Å². The first-order chi connectivity index (χ1) is 7.26. The number of ether oxygens (including phenoxy) is 2. The largest absolute Gasteiger partial charge is 0.346 e. The Hall–Kier alpha value is -0.410. The van der Waals surface area contributed by atoms with Gasteiger partial charge in [-0.3, -0.25) is 4.79 Å². The van der Waals surface area contributed by atoms with Gasteiger partial charge in [0.25, 0.3) is 0 Å². The lowest BCUT2D eigenvalue weighted by Gasteiger charge is -2.15. The van der Waals surface area contributed by atoms with Crippen molar-refractivity contribution in [2.24, 2.45) is 0 Å². The highest BCUT2D eigenvalue weighted by Crippen LogP contribution is 2.07. The van der Waals surface area contributed by atoms with Crippen LogP contribution in [-0.4, -0.2) is 25.3 Å². The fourth-order valence-electron chi connectivity index (χ4n) is 1.38. The van der Waals surface area contributed by atoms with Crippen LogP contribution in [0.3, 0.4) is 0 Å². The standard InChI is InChI=1S/C12H24O3/c1-4-7-8-9-10-11(13)12(14-5-2)15-6-3/h12H,4-10H2,1-3H3. The minimum Gasteiger partial charge on any atom is -0.346 e. The molecule has 0 aromatic heterocycles. The molecular formula is C12H24O3. The maximum atomic E-state index is 11.6. The molecule has 90 valence electrons. The van der Waals surface area contributed by atoms with Gasteiger partial charge in [-0.2, -0.15) is 0 Å². The second-order valence-electron chi connectivity index (χ2n) is 3.52. The van der Waals surface area contributed by atoms with Crippen LogP contribution in [0.15, 0.2) is 0 Å². The molecule has 0 aromatic rings. The van der Waals surface area contributed by atoms with Crippen molar-refractivity contribution >= 4 is 5.78 Å². The van der Waals surface area contributed by atoms with Crippen molar-refractivity contribution in [2.45, 2.75) is 59.2 Å². The van der Waals surface area contributed by atoms with Gasteiger partial charge >= 0.3 is 0 Å². The zero-order chi connectivity index (χ0) is 11.5. The molecule has 0 fully saturated rings. The monoisotopic (exact) mass is 216 g/mol. The van der Waals surface area contributed by atoms with E-state index in [0.717, 1.165) is 12.8 Å². The smallest absolute Gasteiger partial charge is 0.217 e. The Kier molecular flexibility index (Phi) is 9.84. The van der Waals surface area contributed by atoms with E-state index in [9.17, 15) is 4.79 Å². The Bertz CT molecular complexity index is 151. The Morgan fingerprint density at radius 1 is 1.00 bits per heavy atom. The Morgan fingerprint density at radius 3 is 2.07 bits per heavy atom. The maximum Gasteiger partial charge on any atom is 0.217 e. The molecule has 0 aromatic carbocycles. The van der Waals surface area contributed by atoms with Crippen LogP contribution in [0.4, 0.5) is 0 Å². The Labute approximate surface area is 93.1 Å². The summed E-state index contributed by atoms with van der Waals surface area (Å²) in [7, 11) is 0. The lowest BCUT2D eigenvalue weighted by Crippen LogP contribution is -2.27. The molecule has 0 aliphatic rings. The molecule has 0 aliphatic heterocycles. The van der Waals surface area contributed by atoms with Crippen LogP contribution in [0.5, 0.6) is 0 Å². The van der Waals surface area contributed by atoms with E-state index >= 15 is 0 Å². The molecular weight excluding hydrogens is 192 g/mol. The summed E-state index contributed by atoms with van der Waals surface area (Å²) in [4.78, 5) is 11.6. The normalized spacial score (nSPS) is 10.9. The topological polar surface area (TPSA) is 35.5 Å². The number of unbranched alkanes of at least 4 members (excludes halogenated alkanes) is 3. The molecule has 0 amide bonds. The third kappa shape index (κ3) is 7.51. The van der Waals surface area contributed by atoms with Gasteiger partial charge in [-0.25, -0.2) is 0 Å².